The molecule has 1 unspecified atom stereocenters. The Labute approximate surface area is 241 Å². The lowest BCUT2D eigenvalue weighted by atomic mass is 9.92. The van der Waals surface area contributed by atoms with Gasteiger partial charge in [-0.05, 0) is 64.7 Å². The van der Waals surface area contributed by atoms with Gasteiger partial charge in [0.25, 0.3) is 0 Å². The summed E-state index contributed by atoms with van der Waals surface area (Å²) in [5.41, 5.74) is 5.63. The maximum atomic E-state index is 5.18. The Bertz CT molecular complexity index is 1340. The van der Waals surface area contributed by atoms with Crippen LogP contribution < -0.4 is 16.0 Å². The van der Waals surface area contributed by atoms with E-state index in [1.807, 2.05) is 0 Å². The molecular weight excluding hydrogens is 496 g/mol. The molecular formula is C32H50N8. The molecule has 8 heteroatoms. The fourth-order valence-electron chi connectivity index (χ4n) is 5.18. The summed E-state index contributed by atoms with van der Waals surface area (Å²) < 4.78 is 2.23. The first-order valence-corrected chi connectivity index (χ1v) is 14.7. The van der Waals surface area contributed by atoms with Crippen molar-refractivity contribution in [3.8, 4) is 5.82 Å². The van der Waals surface area contributed by atoms with E-state index in [4.69, 9.17) is 9.98 Å². The number of pyridine rings is 1. The van der Waals surface area contributed by atoms with Crippen LogP contribution in [0, 0.1) is 0 Å². The van der Waals surface area contributed by atoms with Crippen LogP contribution in [0.15, 0.2) is 52.8 Å². The zero-order chi connectivity index (χ0) is 29.0. The van der Waals surface area contributed by atoms with Gasteiger partial charge in [0, 0.05) is 85.9 Å². The molecule has 40 heavy (non-hydrogen) atoms. The molecule has 2 aliphatic heterocycles. The number of nitrogens with zero attached hydrogens (tertiary/aromatic N) is 7. The van der Waals surface area contributed by atoms with Crippen LogP contribution in [0.25, 0.3) is 12.0 Å². The summed E-state index contributed by atoms with van der Waals surface area (Å²) in [6.45, 7) is 19.8. The zero-order valence-electron chi connectivity index (χ0n) is 26.2. The summed E-state index contributed by atoms with van der Waals surface area (Å²) in [4.78, 5) is 19.7. The van der Waals surface area contributed by atoms with Crippen LogP contribution in [0.2, 0.25) is 0 Å². The molecule has 1 saturated heterocycles. The van der Waals surface area contributed by atoms with Gasteiger partial charge in [0.2, 0.25) is 0 Å². The summed E-state index contributed by atoms with van der Waals surface area (Å²) in [7, 11) is 6.37. The van der Waals surface area contributed by atoms with Crippen molar-refractivity contribution < 1.29 is 0 Å². The zero-order valence-corrected chi connectivity index (χ0v) is 26.2. The number of likely N-dealkylation sites (N-methyl/N-ethyl adjacent to an activating group) is 1. The minimum absolute atomic E-state index is 0.0175. The Morgan fingerprint density at radius 2 is 1.82 bits per heavy atom. The van der Waals surface area contributed by atoms with Crippen molar-refractivity contribution >= 4 is 6.20 Å². The van der Waals surface area contributed by atoms with Crippen molar-refractivity contribution in [2.45, 2.75) is 59.7 Å². The molecule has 0 radical (unpaired) electrons. The molecule has 0 spiro atoms. The predicted octanol–water partition coefficient (Wildman–Crippen LogP) is 2.90. The maximum absolute atomic E-state index is 5.18. The smallest absolute Gasteiger partial charge is 0.198 e. The molecule has 1 N–H and O–H groups in total. The van der Waals surface area contributed by atoms with Gasteiger partial charge < -0.3 is 20.0 Å². The number of rotatable bonds is 9. The lowest BCUT2D eigenvalue weighted by Crippen LogP contribution is -2.47. The minimum atomic E-state index is -0.193. The third-order valence-corrected chi connectivity index (χ3v) is 7.81. The number of allylic oxidation sites excluding steroid dienone is 4. The van der Waals surface area contributed by atoms with E-state index in [-0.39, 0.29) is 11.7 Å². The summed E-state index contributed by atoms with van der Waals surface area (Å²) in [6.07, 6.45) is 7.31. The Morgan fingerprint density at radius 3 is 2.48 bits per heavy atom. The third-order valence-electron chi connectivity index (χ3n) is 7.81. The molecule has 1 fully saturated rings. The molecule has 0 amide bonds. The minimum Gasteiger partial charge on any atom is -0.372 e. The summed E-state index contributed by atoms with van der Waals surface area (Å²) in [5, 5.41) is 4.75. The molecule has 0 aromatic carbocycles. The molecule has 4 heterocycles. The molecule has 1 atom stereocenters. The first-order valence-electron chi connectivity index (χ1n) is 14.7. The largest absolute Gasteiger partial charge is 0.372 e. The quantitative estimate of drug-likeness (QED) is 0.489. The standard InChI is InChI=1S/C32H50N8/c1-10-27-22-26-23-37(9)31(35-30(26)40(27)29-13-11-12-28(34-29)32(4,5)6)33-24(2)14-15-25(3)39-20-18-38(19-21-39)17-16-36(7)8/h11-15,22-23,31,33H,10,16-21H2,1-9H3/b24-14+,25-15+. The van der Waals surface area contributed by atoms with E-state index in [2.05, 4.69) is 135 Å². The van der Waals surface area contributed by atoms with Gasteiger partial charge in [-0.3, -0.25) is 9.47 Å². The van der Waals surface area contributed by atoms with E-state index in [1.54, 1.807) is 0 Å². The number of hydrogen-bond donors (Lipinski definition) is 1. The van der Waals surface area contributed by atoms with Crippen LogP contribution in [-0.4, -0.2) is 95.9 Å². The SMILES string of the molecule is CCc1cc2c(n1-c1cccc(C(C)(C)C)n1)=NC(N/C(C)=C/C=C(\C)N1CCN(CCN(C)C)CC1)N(C)C=2. The van der Waals surface area contributed by atoms with Crippen LogP contribution >= 0.6 is 0 Å². The molecule has 8 nitrogen and oxygen atoms in total. The maximum Gasteiger partial charge on any atom is 0.198 e. The van der Waals surface area contributed by atoms with E-state index in [9.17, 15) is 0 Å². The molecule has 2 aromatic heterocycles. The molecule has 2 aromatic rings. The van der Waals surface area contributed by atoms with Crippen molar-refractivity contribution in [2.24, 2.45) is 4.99 Å². The molecule has 0 saturated carbocycles. The monoisotopic (exact) mass is 546 g/mol. The lowest BCUT2D eigenvalue weighted by molar-refractivity contribution is 0.149. The van der Waals surface area contributed by atoms with Crippen LogP contribution in [0.1, 0.15) is 52.9 Å². The van der Waals surface area contributed by atoms with E-state index in [0.717, 1.165) is 73.6 Å². The molecule has 0 bridgehead atoms. The predicted molar refractivity (Wildman–Crippen MR) is 166 cm³/mol. The van der Waals surface area contributed by atoms with E-state index >= 15 is 0 Å². The molecule has 218 valence electrons. The first kappa shape index (κ1) is 29.9. The number of fused-ring (bicyclic) bond motifs is 1. The highest BCUT2D eigenvalue weighted by Gasteiger charge is 2.21. The third kappa shape index (κ3) is 7.15. The number of nitrogens with one attached hydrogen (secondary N) is 1. The normalized spacial score (nSPS) is 19.0. The van der Waals surface area contributed by atoms with Crippen molar-refractivity contribution in [1.82, 2.24) is 34.5 Å². The highest BCUT2D eigenvalue weighted by atomic mass is 15.4. The average Bonchev–Trinajstić information content (AvgIpc) is 3.27. The first-order chi connectivity index (χ1) is 19.0. The fourth-order valence-corrected chi connectivity index (χ4v) is 5.18. The Balaban J connectivity index is 1.51. The van der Waals surface area contributed by atoms with Crippen molar-refractivity contribution in [3.63, 3.8) is 0 Å². The van der Waals surface area contributed by atoms with Gasteiger partial charge in [-0.15, -0.1) is 0 Å². The van der Waals surface area contributed by atoms with E-state index < -0.39 is 0 Å². The summed E-state index contributed by atoms with van der Waals surface area (Å²) in [6, 6.07) is 8.55. The van der Waals surface area contributed by atoms with E-state index in [1.165, 1.54) is 11.4 Å². The fraction of sp³-hybridized carbons (Fsp3) is 0.562. The number of piperazine rings is 1. The van der Waals surface area contributed by atoms with Crippen molar-refractivity contribution in [2.75, 3.05) is 60.4 Å². The Hall–Kier alpha value is -3.10. The molecule has 2 aliphatic rings. The van der Waals surface area contributed by atoms with Gasteiger partial charge >= 0.3 is 0 Å². The van der Waals surface area contributed by atoms with Crippen LogP contribution in [0.5, 0.6) is 0 Å². The second kappa shape index (κ2) is 12.6. The highest BCUT2D eigenvalue weighted by Crippen LogP contribution is 2.21. The number of hydrogen-bond acceptors (Lipinski definition) is 7. The van der Waals surface area contributed by atoms with Gasteiger partial charge in [-0.25, -0.2) is 9.98 Å². The van der Waals surface area contributed by atoms with Crippen molar-refractivity contribution in [1.29, 1.82) is 0 Å². The number of aromatic nitrogens is 2. The van der Waals surface area contributed by atoms with Gasteiger partial charge in [-0.2, -0.15) is 0 Å². The number of aryl methyl sites for hydroxylation is 1. The van der Waals surface area contributed by atoms with Crippen LogP contribution in [0.3, 0.4) is 0 Å². The van der Waals surface area contributed by atoms with Gasteiger partial charge in [0.1, 0.15) is 11.3 Å². The van der Waals surface area contributed by atoms with Crippen LogP contribution in [0.4, 0.5) is 0 Å². The van der Waals surface area contributed by atoms with Gasteiger partial charge in [-0.1, -0.05) is 33.8 Å². The van der Waals surface area contributed by atoms with E-state index in [0.29, 0.717) is 0 Å². The second-order valence-corrected chi connectivity index (χ2v) is 12.5. The lowest BCUT2D eigenvalue weighted by Gasteiger charge is -2.36. The summed E-state index contributed by atoms with van der Waals surface area (Å²) in [5.74, 6) is 0.929. The second-order valence-electron chi connectivity index (χ2n) is 12.5. The van der Waals surface area contributed by atoms with Gasteiger partial charge in [0.05, 0.1) is 0 Å². The summed E-state index contributed by atoms with van der Waals surface area (Å²) >= 11 is 0. The van der Waals surface area contributed by atoms with Gasteiger partial charge in [0.15, 0.2) is 6.29 Å². The topological polar surface area (TPSA) is 55.2 Å². The Kier molecular flexibility index (Phi) is 9.41. The van der Waals surface area contributed by atoms with Crippen molar-refractivity contribution in [3.05, 3.63) is 69.9 Å². The molecule has 4 rings (SSSR count). The highest BCUT2D eigenvalue weighted by molar-refractivity contribution is 5.35. The average molecular weight is 547 g/mol. The van der Waals surface area contributed by atoms with Crippen LogP contribution in [-0.2, 0) is 11.8 Å². The Morgan fingerprint density at radius 1 is 1.10 bits per heavy atom. The molecule has 0 aliphatic carbocycles.